The van der Waals surface area contributed by atoms with Gasteiger partial charge in [-0.05, 0) is 18.6 Å². The number of hydrogen-bond donors (Lipinski definition) is 0. The van der Waals surface area contributed by atoms with Crippen LogP contribution in [-0.4, -0.2) is 28.4 Å². The van der Waals surface area contributed by atoms with Gasteiger partial charge in [-0.3, -0.25) is 0 Å². The van der Waals surface area contributed by atoms with Gasteiger partial charge < -0.3 is 9.30 Å². The van der Waals surface area contributed by atoms with Gasteiger partial charge in [0.2, 0.25) is 0 Å². The average molecular weight is 288 g/mol. The first kappa shape index (κ1) is 13.2. The van der Waals surface area contributed by atoms with Gasteiger partial charge in [0.1, 0.15) is 11.5 Å². The van der Waals surface area contributed by atoms with Crippen LogP contribution in [0.3, 0.4) is 0 Å². The number of rotatable bonds is 3. The third kappa shape index (κ3) is 2.22. The van der Waals surface area contributed by atoms with Gasteiger partial charge in [-0.25, -0.2) is 9.78 Å². The molecule has 0 aliphatic carbocycles. The Balaban J connectivity index is 1.90. The summed E-state index contributed by atoms with van der Waals surface area (Å²) in [5.41, 5.74) is 1.89. The van der Waals surface area contributed by atoms with E-state index < -0.39 is 0 Å². The van der Waals surface area contributed by atoms with Gasteiger partial charge in [0.15, 0.2) is 0 Å². The molecule has 1 aromatic carbocycles. The smallest absolute Gasteiger partial charge is 0.356 e. The molecule has 0 amide bonds. The fourth-order valence-corrected chi connectivity index (χ4v) is 3.81. The van der Waals surface area contributed by atoms with Gasteiger partial charge in [0, 0.05) is 23.1 Å². The summed E-state index contributed by atoms with van der Waals surface area (Å²) in [5, 5.41) is 0. The first-order chi connectivity index (χ1) is 9.70. The first-order valence-electron chi connectivity index (χ1n) is 6.53. The number of aryl methyl sites for hydroxylation is 1. The van der Waals surface area contributed by atoms with Gasteiger partial charge in [-0.2, -0.15) is 0 Å². The molecule has 0 fully saturated rings. The Bertz CT molecular complexity index is 651. The first-order valence-corrected chi connectivity index (χ1v) is 7.51. The van der Waals surface area contributed by atoms with Crippen molar-refractivity contribution >= 4 is 17.7 Å². The summed E-state index contributed by atoms with van der Waals surface area (Å²) in [5.74, 6) is 1.97. The molecule has 0 spiro atoms. The Morgan fingerprint density at radius 1 is 1.50 bits per heavy atom. The van der Waals surface area contributed by atoms with E-state index in [0.717, 1.165) is 18.1 Å². The van der Waals surface area contributed by atoms with E-state index in [1.807, 2.05) is 23.3 Å². The Morgan fingerprint density at radius 3 is 3.10 bits per heavy atom. The third-order valence-corrected chi connectivity index (χ3v) is 4.90. The molecule has 20 heavy (non-hydrogen) atoms. The van der Waals surface area contributed by atoms with E-state index >= 15 is 0 Å². The van der Waals surface area contributed by atoms with Crippen LogP contribution in [0.1, 0.15) is 27.8 Å². The minimum Gasteiger partial charge on any atom is -0.464 e. The maximum absolute atomic E-state index is 11.8. The largest absolute Gasteiger partial charge is 0.464 e. The van der Waals surface area contributed by atoms with Crippen molar-refractivity contribution in [2.75, 3.05) is 12.9 Å². The van der Waals surface area contributed by atoms with Crippen molar-refractivity contribution in [3.63, 3.8) is 0 Å². The molecule has 1 unspecified atom stereocenters. The molecule has 0 saturated carbocycles. The molecule has 1 aliphatic heterocycles. The van der Waals surface area contributed by atoms with Crippen molar-refractivity contribution in [1.82, 2.24) is 9.55 Å². The number of fused-ring (bicyclic) bond motifs is 1. The van der Waals surface area contributed by atoms with Crippen LogP contribution in [0.2, 0.25) is 0 Å². The van der Waals surface area contributed by atoms with Crippen LogP contribution in [0.5, 0.6) is 0 Å². The van der Waals surface area contributed by atoms with Gasteiger partial charge in [0.25, 0.3) is 0 Å². The second kappa shape index (κ2) is 5.32. The second-order valence-electron chi connectivity index (χ2n) is 4.84. The lowest BCUT2D eigenvalue weighted by Gasteiger charge is -2.15. The molecule has 3 rings (SSSR count). The Morgan fingerprint density at radius 2 is 2.30 bits per heavy atom. The van der Waals surface area contributed by atoms with Crippen molar-refractivity contribution in [2.45, 2.75) is 24.3 Å². The Hall–Kier alpha value is -1.75. The number of nitrogens with zero attached hydrogens (tertiary/aromatic N) is 2. The lowest BCUT2D eigenvalue weighted by Crippen LogP contribution is -2.16. The lowest BCUT2D eigenvalue weighted by molar-refractivity contribution is 0.0587. The number of hydrogen-bond acceptors (Lipinski definition) is 4. The summed E-state index contributed by atoms with van der Waals surface area (Å²) in [6, 6.07) is 8.46. The van der Waals surface area contributed by atoms with Crippen LogP contribution < -0.4 is 0 Å². The number of imidazole rings is 1. The molecule has 104 valence electrons. The standard InChI is InChI=1S/C15H16N2O2S/c1-10-16-7-13(15(18)19-2)17(10)8-11-9-20-14-6-4-3-5-12(11)14/h3-7,11H,8-9H2,1-2H3. The molecule has 1 aliphatic rings. The molecule has 4 nitrogen and oxygen atoms in total. The normalized spacial score (nSPS) is 17.0. The van der Waals surface area contributed by atoms with Crippen molar-refractivity contribution in [3.8, 4) is 0 Å². The molecule has 0 bridgehead atoms. The fraction of sp³-hybridized carbons (Fsp3) is 0.333. The fourth-order valence-electron chi connectivity index (χ4n) is 2.57. The minimum atomic E-state index is -0.329. The summed E-state index contributed by atoms with van der Waals surface area (Å²) >= 11 is 1.87. The number of carbonyl (C=O) groups excluding carboxylic acids is 1. The molecule has 2 heterocycles. The zero-order valence-corrected chi connectivity index (χ0v) is 12.3. The number of aromatic nitrogens is 2. The predicted octanol–water partition coefficient (Wildman–Crippen LogP) is 2.87. The lowest BCUT2D eigenvalue weighted by atomic mass is 10.0. The van der Waals surface area contributed by atoms with Crippen LogP contribution in [0, 0.1) is 6.92 Å². The summed E-state index contributed by atoms with van der Waals surface area (Å²) in [6.45, 7) is 2.68. The highest BCUT2D eigenvalue weighted by Gasteiger charge is 2.25. The summed E-state index contributed by atoms with van der Waals surface area (Å²) in [7, 11) is 1.40. The van der Waals surface area contributed by atoms with Crippen molar-refractivity contribution in [1.29, 1.82) is 0 Å². The number of benzene rings is 1. The SMILES string of the molecule is COC(=O)c1cnc(C)n1CC1CSc2ccccc21. The molecular weight excluding hydrogens is 272 g/mol. The average Bonchev–Trinajstić information content (AvgIpc) is 3.04. The van der Waals surface area contributed by atoms with Gasteiger partial charge in [-0.1, -0.05) is 18.2 Å². The monoisotopic (exact) mass is 288 g/mol. The quantitative estimate of drug-likeness (QED) is 0.815. The van der Waals surface area contributed by atoms with Crippen molar-refractivity contribution < 1.29 is 9.53 Å². The summed E-state index contributed by atoms with van der Waals surface area (Å²) < 4.78 is 6.78. The topological polar surface area (TPSA) is 44.1 Å². The number of carbonyl (C=O) groups is 1. The van der Waals surface area contributed by atoms with Crippen LogP contribution in [0.25, 0.3) is 0 Å². The zero-order valence-electron chi connectivity index (χ0n) is 11.5. The van der Waals surface area contributed by atoms with Crippen LogP contribution in [0.4, 0.5) is 0 Å². The van der Waals surface area contributed by atoms with E-state index in [1.54, 1.807) is 6.20 Å². The Labute approximate surface area is 122 Å². The summed E-state index contributed by atoms with van der Waals surface area (Å²) in [4.78, 5) is 17.4. The molecule has 0 saturated heterocycles. The predicted molar refractivity (Wildman–Crippen MR) is 78.2 cm³/mol. The van der Waals surface area contributed by atoms with E-state index in [0.29, 0.717) is 11.6 Å². The number of thioether (sulfide) groups is 1. The molecule has 0 N–H and O–H groups in total. The number of esters is 1. The highest BCUT2D eigenvalue weighted by atomic mass is 32.2. The molecule has 1 aromatic heterocycles. The van der Waals surface area contributed by atoms with Crippen LogP contribution in [0.15, 0.2) is 35.4 Å². The van der Waals surface area contributed by atoms with Crippen molar-refractivity contribution in [2.24, 2.45) is 0 Å². The number of ether oxygens (including phenoxy) is 1. The highest BCUT2D eigenvalue weighted by Crippen LogP contribution is 2.40. The van der Waals surface area contributed by atoms with Gasteiger partial charge >= 0.3 is 5.97 Å². The highest BCUT2D eigenvalue weighted by molar-refractivity contribution is 7.99. The van der Waals surface area contributed by atoms with E-state index in [-0.39, 0.29) is 5.97 Å². The van der Waals surface area contributed by atoms with Gasteiger partial charge in [0.05, 0.1) is 13.3 Å². The molecule has 2 aromatic rings. The maximum Gasteiger partial charge on any atom is 0.356 e. The summed E-state index contributed by atoms with van der Waals surface area (Å²) in [6.07, 6.45) is 1.59. The Kier molecular flexibility index (Phi) is 3.53. The molecule has 1 atom stereocenters. The molecule has 0 radical (unpaired) electrons. The molecule has 5 heteroatoms. The van der Waals surface area contributed by atoms with Gasteiger partial charge in [-0.15, -0.1) is 11.8 Å². The van der Waals surface area contributed by atoms with Crippen LogP contribution in [-0.2, 0) is 11.3 Å². The molecular formula is C15H16N2O2S. The van der Waals surface area contributed by atoms with E-state index in [4.69, 9.17) is 4.74 Å². The van der Waals surface area contributed by atoms with E-state index in [2.05, 4.69) is 29.2 Å². The minimum absolute atomic E-state index is 0.329. The van der Waals surface area contributed by atoms with E-state index in [9.17, 15) is 4.79 Å². The second-order valence-corrected chi connectivity index (χ2v) is 5.90. The van der Waals surface area contributed by atoms with E-state index in [1.165, 1.54) is 17.6 Å². The third-order valence-electron chi connectivity index (χ3n) is 3.65. The number of methoxy groups -OCH3 is 1. The maximum atomic E-state index is 11.8. The van der Waals surface area contributed by atoms with Crippen molar-refractivity contribution in [3.05, 3.63) is 47.5 Å². The zero-order chi connectivity index (χ0) is 14.1. The van der Waals surface area contributed by atoms with Crippen LogP contribution >= 0.6 is 11.8 Å².